The summed E-state index contributed by atoms with van der Waals surface area (Å²) >= 11 is 1.47. The maximum atomic E-state index is 12.9. The first-order chi connectivity index (χ1) is 12.1. The van der Waals surface area contributed by atoms with Crippen molar-refractivity contribution in [3.63, 3.8) is 0 Å². The van der Waals surface area contributed by atoms with Crippen LogP contribution in [-0.4, -0.2) is 11.0 Å². The highest BCUT2D eigenvalue weighted by molar-refractivity contribution is 7.12. The molecule has 0 radical (unpaired) electrons. The summed E-state index contributed by atoms with van der Waals surface area (Å²) in [4.78, 5) is 13.8. The van der Waals surface area contributed by atoms with Gasteiger partial charge in [-0.2, -0.15) is 0 Å². The van der Waals surface area contributed by atoms with Crippen molar-refractivity contribution in [2.75, 3.05) is 0 Å². The number of aliphatic hydroxyl groups is 1. The number of benzene rings is 2. The molecule has 0 aliphatic rings. The first kappa shape index (κ1) is 17.3. The van der Waals surface area contributed by atoms with Crippen LogP contribution in [-0.2, 0) is 17.8 Å². The summed E-state index contributed by atoms with van der Waals surface area (Å²) in [5.74, 6) is -0.433. The minimum Gasteiger partial charge on any atom is -0.383 e. The van der Waals surface area contributed by atoms with Gasteiger partial charge < -0.3 is 10.4 Å². The van der Waals surface area contributed by atoms with E-state index in [1.807, 2.05) is 42.5 Å². The van der Waals surface area contributed by atoms with E-state index in [1.54, 1.807) is 12.1 Å². The first-order valence-electron chi connectivity index (χ1n) is 7.94. The van der Waals surface area contributed by atoms with Crippen LogP contribution < -0.4 is 5.32 Å². The topological polar surface area (TPSA) is 49.3 Å². The maximum Gasteiger partial charge on any atom is 0.224 e. The Labute approximate surface area is 149 Å². The molecule has 3 aromatic rings. The Kier molecular flexibility index (Phi) is 5.58. The number of hydrogen-bond donors (Lipinski definition) is 2. The van der Waals surface area contributed by atoms with Crippen molar-refractivity contribution >= 4 is 17.2 Å². The van der Waals surface area contributed by atoms with Crippen molar-refractivity contribution in [2.24, 2.45) is 0 Å². The number of carbonyl (C=O) groups is 1. The Hall–Kier alpha value is -2.50. The van der Waals surface area contributed by atoms with Crippen molar-refractivity contribution < 1.29 is 14.3 Å². The average molecular weight is 355 g/mol. The molecule has 3 nitrogen and oxygen atoms in total. The molecule has 0 fully saturated rings. The Balaban J connectivity index is 1.54. The molecule has 0 aliphatic carbocycles. The number of halogens is 1. The lowest BCUT2D eigenvalue weighted by Gasteiger charge is -2.08. The maximum absolute atomic E-state index is 12.9. The number of hydrogen-bond acceptors (Lipinski definition) is 3. The summed E-state index contributed by atoms with van der Waals surface area (Å²) in [6.07, 6.45) is -0.444. The molecule has 2 N–H and O–H groups in total. The highest BCUT2D eigenvalue weighted by atomic mass is 32.1. The van der Waals surface area contributed by atoms with Crippen LogP contribution in [0.5, 0.6) is 0 Å². The molecule has 1 atom stereocenters. The monoisotopic (exact) mass is 355 g/mol. The van der Waals surface area contributed by atoms with E-state index in [9.17, 15) is 14.3 Å². The smallest absolute Gasteiger partial charge is 0.224 e. The summed E-state index contributed by atoms with van der Waals surface area (Å²) < 4.78 is 12.9. The van der Waals surface area contributed by atoms with Crippen LogP contribution in [0.4, 0.5) is 4.39 Å². The van der Waals surface area contributed by atoms with Gasteiger partial charge in [0.15, 0.2) is 0 Å². The van der Waals surface area contributed by atoms with Crippen molar-refractivity contribution in [3.05, 3.63) is 93.4 Å². The summed E-state index contributed by atoms with van der Waals surface area (Å²) in [5, 5.41) is 13.2. The van der Waals surface area contributed by atoms with Gasteiger partial charge in [0.2, 0.25) is 5.91 Å². The summed E-state index contributed by atoms with van der Waals surface area (Å²) in [7, 11) is 0. The van der Waals surface area contributed by atoms with Crippen LogP contribution >= 0.6 is 11.3 Å². The van der Waals surface area contributed by atoms with Gasteiger partial charge in [-0.3, -0.25) is 4.79 Å². The van der Waals surface area contributed by atoms with Crippen LogP contribution in [0.3, 0.4) is 0 Å². The van der Waals surface area contributed by atoms with Gasteiger partial charge in [0, 0.05) is 9.75 Å². The van der Waals surface area contributed by atoms with Crippen molar-refractivity contribution in [1.82, 2.24) is 5.32 Å². The summed E-state index contributed by atoms with van der Waals surface area (Å²) in [6.45, 7) is 0.409. The van der Waals surface area contributed by atoms with Gasteiger partial charge in [-0.1, -0.05) is 42.5 Å². The van der Waals surface area contributed by atoms with Crippen molar-refractivity contribution in [1.29, 1.82) is 0 Å². The molecular formula is C20H18FNO2S. The van der Waals surface area contributed by atoms with Gasteiger partial charge in [0.25, 0.3) is 0 Å². The number of amides is 1. The lowest BCUT2D eigenvalue weighted by atomic mass is 10.1. The van der Waals surface area contributed by atoms with Crippen LogP contribution in [0.2, 0.25) is 0 Å². The van der Waals surface area contributed by atoms with Gasteiger partial charge in [-0.05, 0) is 35.4 Å². The fraction of sp³-hybridized carbons (Fsp3) is 0.150. The van der Waals surface area contributed by atoms with Gasteiger partial charge in [-0.25, -0.2) is 4.39 Å². The summed E-state index contributed by atoms with van der Waals surface area (Å²) in [6, 6.07) is 19.1. The number of thiophene rings is 1. The largest absolute Gasteiger partial charge is 0.383 e. The fourth-order valence-corrected chi connectivity index (χ4v) is 3.44. The van der Waals surface area contributed by atoms with Gasteiger partial charge >= 0.3 is 0 Å². The second kappa shape index (κ2) is 8.05. The molecule has 5 heteroatoms. The molecule has 0 aliphatic heterocycles. The molecule has 2 aromatic carbocycles. The third-order valence-electron chi connectivity index (χ3n) is 3.80. The number of rotatable bonds is 6. The van der Waals surface area contributed by atoms with E-state index >= 15 is 0 Å². The number of aliphatic hydroxyl groups excluding tert-OH is 1. The quantitative estimate of drug-likeness (QED) is 0.706. The zero-order chi connectivity index (χ0) is 17.6. The molecule has 0 bridgehead atoms. The van der Waals surface area contributed by atoms with Crippen LogP contribution in [0.15, 0.2) is 66.7 Å². The van der Waals surface area contributed by atoms with E-state index in [0.717, 1.165) is 20.9 Å². The normalized spacial score (nSPS) is 11.9. The second-order valence-corrected chi connectivity index (χ2v) is 6.90. The molecule has 0 saturated carbocycles. The second-order valence-electron chi connectivity index (χ2n) is 5.70. The molecule has 25 heavy (non-hydrogen) atoms. The minimum absolute atomic E-state index is 0.120. The molecule has 128 valence electrons. The zero-order valence-corrected chi connectivity index (χ0v) is 14.3. The third-order valence-corrected chi connectivity index (χ3v) is 4.94. The Bertz CT molecular complexity index is 830. The molecular weight excluding hydrogens is 337 g/mol. The molecule has 0 saturated heterocycles. The van der Waals surface area contributed by atoms with Crippen molar-refractivity contribution in [3.8, 4) is 0 Å². The Morgan fingerprint density at radius 2 is 1.76 bits per heavy atom. The first-order valence-corrected chi connectivity index (χ1v) is 8.76. The molecule has 1 aromatic heterocycles. The van der Waals surface area contributed by atoms with Gasteiger partial charge in [-0.15, -0.1) is 11.3 Å². The molecule has 1 unspecified atom stereocenters. The highest BCUT2D eigenvalue weighted by Gasteiger charge is 2.13. The minimum atomic E-state index is -0.658. The molecule has 3 rings (SSSR count). The zero-order valence-electron chi connectivity index (χ0n) is 13.5. The van der Waals surface area contributed by atoms with E-state index in [-0.39, 0.29) is 18.1 Å². The van der Waals surface area contributed by atoms with E-state index in [0.29, 0.717) is 6.54 Å². The fourth-order valence-electron chi connectivity index (χ4n) is 2.47. The van der Waals surface area contributed by atoms with E-state index in [2.05, 4.69) is 5.32 Å². The predicted molar refractivity (Wildman–Crippen MR) is 96.8 cm³/mol. The van der Waals surface area contributed by atoms with E-state index in [4.69, 9.17) is 0 Å². The molecule has 1 heterocycles. The number of nitrogens with one attached hydrogen (secondary N) is 1. The summed E-state index contributed by atoms with van der Waals surface area (Å²) in [5.41, 5.74) is 1.61. The van der Waals surface area contributed by atoms with Crippen LogP contribution in [0.25, 0.3) is 0 Å². The standard InChI is InChI=1S/C20H18FNO2S/c21-16-8-6-14(7-9-16)12-19(23)22-13-17-10-11-18(25-17)20(24)15-4-2-1-3-5-15/h1-11,20,24H,12-13H2,(H,22,23). The van der Waals surface area contributed by atoms with Crippen LogP contribution in [0.1, 0.15) is 27.0 Å². The van der Waals surface area contributed by atoms with Crippen molar-refractivity contribution in [2.45, 2.75) is 19.1 Å². The van der Waals surface area contributed by atoms with E-state index < -0.39 is 6.10 Å². The number of carbonyl (C=O) groups excluding carboxylic acids is 1. The third kappa shape index (κ3) is 4.75. The van der Waals surface area contributed by atoms with E-state index in [1.165, 1.54) is 23.5 Å². The average Bonchev–Trinajstić information content (AvgIpc) is 3.11. The lowest BCUT2D eigenvalue weighted by Crippen LogP contribution is -2.24. The molecule has 0 spiro atoms. The lowest BCUT2D eigenvalue weighted by molar-refractivity contribution is -0.120. The predicted octanol–water partition coefficient (Wildman–Crippen LogP) is 3.83. The van der Waals surface area contributed by atoms with Gasteiger partial charge in [0.1, 0.15) is 11.9 Å². The SMILES string of the molecule is O=C(Cc1ccc(F)cc1)NCc1ccc(C(O)c2ccccc2)s1. The Morgan fingerprint density at radius 1 is 1.04 bits per heavy atom. The van der Waals surface area contributed by atoms with Gasteiger partial charge in [0.05, 0.1) is 13.0 Å². The molecule has 1 amide bonds. The van der Waals surface area contributed by atoms with Crippen LogP contribution in [0, 0.1) is 5.82 Å². The Morgan fingerprint density at radius 3 is 2.48 bits per heavy atom. The highest BCUT2D eigenvalue weighted by Crippen LogP contribution is 2.28.